The highest BCUT2D eigenvalue weighted by atomic mass is 19.1. The molecule has 2 atom stereocenters. The van der Waals surface area contributed by atoms with Crippen molar-refractivity contribution in [3.8, 4) is 11.3 Å². The van der Waals surface area contributed by atoms with E-state index in [0.29, 0.717) is 18.9 Å². The summed E-state index contributed by atoms with van der Waals surface area (Å²) in [7, 11) is 0. The summed E-state index contributed by atoms with van der Waals surface area (Å²) >= 11 is 0. The van der Waals surface area contributed by atoms with E-state index in [1.165, 1.54) is 24.4 Å². The van der Waals surface area contributed by atoms with E-state index in [4.69, 9.17) is 0 Å². The molecule has 6 nitrogen and oxygen atoms in total. The van der Waals surface area contributed by atoms with Gasteiger partial charge < -0.3 is 9.88 Å². The summed E-state index contributed by atoms with van der Waals surface area (Å²) in [6.45, 7) is 7.83. The maximum atomic E-state index is 14.4. The fourth-order valence-corrected chi connectivity index (χ4v) is 5.86. The number of rotatable bonds is 5. The van der Waals surface area contributed by atoms with E-state index in [-0.39, 0.29) is 33.6 Å². The van der Waals surface area contributed by atoms with Gasteiger partial charge in [0.05, 0.1) is 29.3 Å². The molecule has 1 aromatic carbocycles. The summed E-state index contributed by atoms with van der Waals surface area (Å²) in [6, 6.07) is 5.63. The number of fused-ring (bicyclic) bond motifs is 5. The Morgan fingerprint density at radius 2 is 1.94 bits per heavy atom. The van der Waals surface area contributed by atoms with Crippen molar-refractivity contribution < 1.29 is 8.78 Å². The molecule has 166 valence electrons. The van der Waals surface area contributed by atoms with E-state index >= 15 is 0 Å². The van der Waals surface area contributed by atoms with Gasteiger partial charge in [-0.1, -0.05) is 19.9 Å². The first-order valence-corrected chi connectivity index (χ1v) is 10.9. The molecule has 8 heteroatoms. The first-order chi connectivity index (χ1) is 15.3. The van der Waals surface area contributed by atoms with Crippen molar-refractivity contribution in [3.63, 3.8) is 0 Å². The first-order valence-electron chi connectivity index (χ1n) is 10.9. The van der Waals surface area contributed by atoms with Crippen LogP contribution in [-0.4, -0.2) is 33.3 Å². The lowest BCUT2D eigenvalue weighted by molar-refractivity contribution is 0.209. The average Bonchev–Trinajstić information content (AvgIpc) is 3.12. The van der Waals surface area contributed by atoms with Crippen LogP contribution in [0.1, 0.15) is 50.8 Å². The van der Waals surface area contributed by atoms with E-state index in [9.17, 15) is 13.6 Å². The van der Waals surface area contributed by atoms with Crippen LogP contribution >= 0.6 is 0 Å². The number of nitrogens with zero attached hydrogens (tertiary/aromatic N) is 4. The third-order valence-corrected chi connectivity index (χ3v) is 7.66. The van der Waals surface area contributed by atoms with Gasteiger partial charge >= 0.3 is 0 Å². The Hall–Kier alpha value is -3.16. The molecule has 0 spiro atoms. The van der Waals surface area contributed by atoms with Crippen LogP contribution in [0.5, 0.6) is 0 Å². The zero-order valence-electron chi connectivity index (χ0n) is 18.3. The fraction of sp³-hybridized carbons (Fsp3) is 0.417. The number of halogens is 2. The molecule has 0 amide bonds. The van der Waals surface area contributed by atoms with Crippen LogP contribution < -0.4 is 10.5 Å². The van der Waals surface area contributed by atoms with Gasteiger partial charge in [-0.25, -0.2) is 8.78 Å². The first kappa shape index (κ1) is 20.7. The summed E-state index contributed by atoms with van der Waals surface area (Å²) in [5, 5.41) is 8.84. The van der Waals surface area contributed by atoms with E-state index in [1.807, 2.05) is 13.0 Å². The molecule has 5 rings (SSSR count). The Morgan fingerprint density at radius 1 is 1.19 bits per heavy atom. The molecule has 3 aromatic rings. The molecule has 1 fully saturated rings. The van der Waals surface area contributed by atoms with Crippen molar-refractivity contribution in [2.75, 3.05) is 18.0 Å². The molecule has 1 saturated carbocycles. The van der Waals surface area contributed by atoms with Crippen LogP contribution in [0, 0.1) is 17.0 Å². The zero-order chi connectivity index (χ0) is 22.7. The van der Waals surface area contributed by atoms with Gasteiger partial charge in [0, 0.05) is 18.5 Å². The summed E-state index contributed by atoms with van der Waals surface area (Å²) in [6.07, 6.45) is 4.81. The molecular weight excluding hydrogens is 412 g/mol. The number of likely N-dealkylation sites (N-methyl/N-ethyl adjacent to an activating group) is 1. The van der Waals surface area contributed by atoms with E-state index in [1.54, 1.807) is 6.20 Å². The standard InChI is InChI=1S/C24H25F2N5O/c1-4-31(19-11-27-12-20(32)28-19)13-24-9-8-15(23(24,2)3)14-10-18(29-30-22(14)24)21-16(25)6-5-7-17(21)26/h5-7,10-12,15H,4,8-9,13H2,1-3H3,(H,28,32)/t15-,24-/m0/s1. The van der Waals surface area contributed by atoms with E-state index in [0.717, 1.165) is 24.1 Å². The molecule has 1 N–H and O–H groups in total. The van der Waals surface area contributed by atoms with Gasteiger partial charge in [-0.15, -0.1) is 0 Å². The predicted octanol–water partition coefficient (Wildman–Crippen LogP) is 4.19. The van der Waals surface area contributed by atoms with Gasteiger partial charge in [0.1, 0.15) is 17.5 Å². The molecular formula is C24H25F2N5O. The van der Waals surface area contributed by atoms with E-state index < -0.39 is 11.6 Å². The molecule has 2 bridgehead atoms. The SMILES string of the molecule is CCN(C[C@@]12CC[C@@H](c3cc(-c4c(F)cccc4F)nnc31)C2(C)C)c1cncc(=O)[nH]1. The highest BCUT2D eigenvalue weighted by Crippen LogP contribution is 2.67. The van der Waals surface area contributed by atoms with Crippen LogP contribution in [0.4, 0.5) is 14.6 Å². The molecule has 0 radical (unpaired) electrons. The Labute approximate surface area is 184 Å². The van der Waals surface area contributed by atoms with Crippen molar-refractivity contribution in [1.82, 2.24) is 20.2 Å². The third kappa shape index (κ3) is 2.81. The minimum Gasteiger partial charge on any atom is -0.356 e. The van der Waals surface area contributed by atoms with Crippen LogP contribution in [0.15, 0.2) is 41.5 Å². The molecule has 0 aliphatic heterocycles. The Morgan fingerprint density at radius 3 is 2.62 bits per heavy atom. The second kappa shape index (κ2) is 7.18. The Bertz CT molecular complexity index is 1240. The summed E-state index contributed by atoms with van der Waals surface area (Å²) in [5.74, 6) is -0.406. The minimum absolute atomic E-state index is 0.133. The van der Waals surface area contributed by atoms with Crippen LogP contribution in [0.2, 0.25) is 0 Å². The van der Waals surface area contributed by atoms with Gasteiger partial charge in [0.15, 0.2) is 0 Å². The van der Waals surface area contributed by atoms with Gasteiger partial charge in [0.2, 0.25) is 0 Å². The molecule has 2 heterocycles. The molecule has 32 heavy (non-hydrogen) atoms. The topological polar surface area (TPSA) is 74.8 Å². The van der Waals surface area contributed by atoms with Gasteiger partial charge in [-0.05, 0) is 54.9 Å². The maximum Gasteiger partial charge on any atom is 0.267 e. The van der Waals surface area contributed by atoms with Crippen molar-refractivity contribution in [1.29, 1.82) is 0 Å². The largest absolute Gasteiger partial charge is 0.356 e. The average molecular weight is 437 g/mol. The summed E-state index contributed by atoms with van der Waals surface area (Å²) in [5.41, 5.74) is 1.32. The maximum absolute atomic E-state index is 14.4. The molecule has 0 unspecified atom stereocenters. The Balaban J connectivity index is 1.60. The number of hydrogen-bond acceptors (Lipinski definition) is 5. The van der Waals surface area contributed by atoms with Crippen molar-refractivity contribution in [3.05, 3.63) is 69.9 Å². The van der Waals surface area contributed by atoms with Crippen LogP contribution in [0.25, 0.3) is 11.3 Å². The van der Waals surface area contributed by atoms with Crippen molar-refractivity contribution in [2.24, 2.45) is 5.41 Å². The number of nitrogens with one attached hydrogen (secondary N) is 1. The predicted molar refractivity (Wildman–Crippen MR) is 118 cm³/mol. The molecule has 2 aromatic heterocycles. The second-order valence-corrected chi connectivity index (χ2v) is 9.32. The lowest BCUT2D eigenvalue weighted by atomic mass is 9.68. The lowest BCUT2D eigenvalue weighted by Gasteiger charge is -2.41. The van der Waals surface area contributed by atoms with Gasteiger partial charge in [-0.2, -0.15) is 10.2 Å². The minimum atomic E-state index is -0.644. The van der Waals surface area contributed by atoms with E-state index in [2.05, 4.69) is 38.9 Å². The normalized spacial score (nSPS) is 22.7. The van der Waals surface area contributed by atoms with Gasteiger partial charge in [0.25, 0.3) is 5.56 Å². The highest BCUT2D eigenvalue weighted by Gasteiger charge is 2.63. The molecule has 2 aliphatic carbocycles. The number of H-pyrrole nitrogens is 1. The number of anilines is 1. The van der Waals surface area contributed by atoms with Crippen molar-refractivity contribution >= 4 is 5.82 Å². The third-order valence-electron chi connectivity index (χ3n) is 7.66. The monoisotopic (exact) mass is 437 g/mol. The highest BCUT2D eigenvalue weighted by molar-refractivity contribution is 5.63. The number of hydrogen-bond donors (Lipinski definition) is 1. The Kier molecular flexibility index (Phi) is 4.65. The summed E-state index contributed by atoms with van der Waals surface area (Å²) in [4.78, 5) is 20.9. The van der Waals surface area contributed by atoms with Crippen molar-refractivity contribution in [2.45, 2.75) is 44.9 Å². The number of benzene rings is 1. The quantitative estimate of drug-likeness (QED) is 0.648. The van der Waals surface area contributed by atoms with Gasteiger partial charge in [-0.3, -0.25) is 9.78 Å². The second-order valence-electron chi connectivity index (χ2n) is 9.32. The molecule has 0 saturated heterocycles. The fourth-order valence-electron chi connectivity index (χ4n) is 5.86. The smallest absolute Gasteiger partial charge is 0.267 e. The lowest BCUT2D eigenvalue weighted by Crippen LogP contribution is -2.47. The number of aromatic amines is 1. The summed E-state index contributed by atoms with van der Waals surface area (Å²) < 4.78 is 28.8. The number of aromatic nitrogens is 4. The van der Waals surface area contributed by atoms with Crippen LogP contribution in [0.3, 0.4) is 0 Å². The molecule has 2 aliphatic rings. The zero-order valence-corrected chi connectivity index (χ0v) is 18.3. The van der Waals surface area contributed by atoms with Crippen LogP contribution in [-0.2, 0) is 5.41 Å².